The van der Waals surface area contributed by atoms with Gasteiger partial charge in [0.15, 0.2) is 5.82 Å². The molecule has 0 aliphatic heterocycles. The second kappa shape index (κ2) is 22.8. The average Bonchev–Trinajstić information content (AvgIpc) is 1.55. The van der Waals surface area contributed by atoms with Crippen molar-refractivity contribution in [2.75, 3.05) is 0 Å². The average molecular weight is 1390 g/mol. The summed E-state index contributed by atoms with van der Waals surface area (Å²) in [6, 6.07) is 21.7. The lowest BCUT2D eigenvalue weighted by Gasteiger charge is -2.20. The molecule has 0 atom stereocenters. The molecule has 502 valence electrons. The van der Waals surface area contributed by atoms with E-state index in [0.717, 1.165) is 48.5 Å². The molecule has 12 rings (SSSR count). The SMILES string of the molecule is Cc1cc(C)nc(-c2c(-n3c4ccc(-c5cc(C(F)(F)F)cc(C(F)(F)F)c5)cc4c4cc(-c5cc(C(F)(F)F)cc(C(F)(F)F)c5)ccc43)cc(C#N)cc2-n2c3ccc(-c4cc(C(F)(F)F)cc(C(F)(F)F)c4)cc3c3cc(-c4cc(C(F)(F)F)cc(C(F)(F)F)c4)ccc32)n1. The number of hydrogen-bond acceptors (Lipinski definition) is 3. The van der Waals surface area contributed by atoms with Crippen LogP contribution >= 0.6 is 0 Å². The van der Waals surface area contributed by atoms with Crippen LogP contribution in [0.4, 0.5) is 105 Å². The minimum atomic E-state index is -5.38. The Hall–Kier alpha value is -10.5. The molecule has 0 aliphatic carbocycles. The highest BCUT2D eigenvalue weighted by atomic mass is 19.4. The third-order valence-corrected chi connectivity index (χ3v) is 16.1. The van der Waals surface area contributed by atoms with Crippen molar-refractivity contribution < 1.29 is 105 Å². The van der Waals surface area contributed by atoms with Crippen LogP contribution in [-0.4, -0.2) is 19.1 Å². The zero-order valence-corrected chi connectivity index (χ0v) is 48.9. The van der Waals surface area contributed by atoms with Gasteiger partial charge in [0.25, 0.3) is 0 Å². The molecule has 0 N–H and O–H groups in total. The molecule has 0 saturated heterocycles. The van der Waals surface area contributed by atoms with Crippen LogP contribution in [0.25, 0.3) is 111 Å². The number of aromatic nitrogens is 4. The number of nitrogens with zero attached hydrogens (tertiary/aromatic N) is 5. The van der Waals surface area contributed by atoms with E-state index in [-0.39, 0.29) is 130 Å². The van der Waals surface area contributed by atoms with Crippen molar-refractivity contribution >= 4 is 43.6 Å². The number of aryl methyl sites for hydroxylation is 2. The Labute approximate surface area is 533 Å². The molecule has 0 bridgehead atoms. The van der Waals surface area contributed by atoms with Crippen molar-refractivity contribution in [3.8, 4) is 73.3 Å². The smallest absolute Gasteiger partial charge is 0.308 e. The van der Waals surface area contributed by atoms with E-state index in [9.17, 15) is 111 Å². The molecule has 0 radical (unpaired) electrons. The highest BCUT2D eigenvalue weighted by Gasteiger charge is 2.42. The number of rotatable bonds is 7. The van der Waals surface area contributed by atoms with Gasteiger partial charge in [0.05, 0.1) is 95.1 Å². The lowest BCUT2D eigenvalue weighted by atomic mass is 9.96. The topological polar surface area (TPSA) is 59.4 Å². The predicted octanol–water partition coefficient (Wildman–Crippen LogP) is 23.6. The van der Waals surface area contributed by atoms with Crippen molar-refractivity contribution in [2.45, 2.75) is 63.3 Å². The second-order valence-corrected chi connectivity index (χ2v) is 22.8. The summed E-state index contributed by atoms with van der Waals surface area (Å²) in [5.74, 6) is -0.261. The van der Waals surface area contributed by atoms with Gasteiger partial charge in [-0.3, -0.25) is 0 Å². The van der Waals surface area contributed by atoms with E-state index in [4.69, 9.17) is 9.97 Å². The van der Waals surface area contributed by atoms with Crippen molar-refractivity contribution in [2.24, 2.45) is 0 Å². The van der Waals surface area contributed by atoms with Gasteiger partial charge in [-0.15, -0.1) is 0 Å². The molecule has 0 aliphatic rings. The van der Waals surface area contributed by atoms with Gasteiger partial charge in [-0.1, -0.05) is 24.3 Å². The Bertz CT molecular complexity index is 4600. The molecule has 9 aromatic carbocycles. The van der Waals surface area contributed by atoms with Gasteiger partial charge in [-0.25, -0.2) is 9.97 Å². The molecule has 98 heavy (non-hydrogen) atoms. The van der Waals surface area contributed by atoms with Crippen LogP contribution in [-0.2, 0) is 49.4 Å². The number of alkyl halides is 24. The van der Waals surface area contributed by atoms with E-state index < -0.39 is 116 Å². The molecule has 0 spiro atoms. The monoisotopic (exact) mass is 1390 g/mol. The first-order valence-corrected chi connectivity index (χ1v) is 28.1. The van der Waals surface area contributed by atoms with Gasteiger partial charge in [0.1, 0.15) is 0 Å². The zero-order valence-electron chi connectivity index (χ0n) is 48.9. The van der Waals surface area contributed by atoms with E-state index in [2.05, 4.69) is 0 Å². The van der Waals surface area contributed by atoms with Crippen molar-refractivity contribution in [1.82, 2.24) is 19.1 Å². The number of benzene rings is 9. The minimum absolute atomic E-state index is 0.106. The van der Waals surface area contributed by atoms with Gasteiger partial charge < -0.3 is 9.13 Å². The quantitative estimate of drug-likeness (QED) is 0.149. The Balaban J connectivity index is 1.22. The van der Waals surface area contributed by atoms with Crippen LogP contribution in [0.1, 0.15) is 61.5 Å². The summed E-state index contributed by atoms with van der Waals surface area (Å²) in [5.41, 5.74) is -19.2. The van der Waals surface area contributed by atoms with Crippen molar-refractivity contribution in [1.29, 1.82) is 5.26 Å². The normalized spacial score (nSPS) is 13.2. The number of hydrogen-bond donors (Lipinski definition) is 0. The largest absolute Gasteiger partial charge is 0.416 e. The molecule has 3 heterocycles. The van der Waals surface area contributed by atoms with Gasteiger partial charge in [-0.2, -0.15) is 111 Å². The van der Waals surface area contributed by atoms with E-state index in [1.165, 1.54) is 65.4 Å². The molecule has 0 amide bonds. The molecule has 12 aromatic rings. The fourth-order valence-corrected chi connectivity index (χ4v) is 11.9. The molecule has 5 nitrogen and oxygen atoms in total. The lowest BCUT2D eigenvalue weighted by molar-refractivity contribution is -0.144. The molecular formula is C69H33F24N5. The maximum absolute atomic E-state index is 14.4. The van der Waals surface area contributed by atoms with E-state index in [1.807, 2.05) is 6.07 Å². The summed E-state index contributed by atoms with van der Waals surface area (Å²) < 4.78 is 348. The fraction of sp³-hybridized carbons (Fsp3) is 0.145. The molecular weight excluding hydrogens is 1350 g/mol. The molecule has 3 aromatic heterocycles. The van der Waals surface area contributed by atoms with Gasteiger partial charge >= 0.3 is 49.4 Å². The Kier molecular flexibility index (Phi) is 15.7. The van der Waals surface area contributed by atoms with Crippen LogP contribution in [0, 0.1) is 25.2 Å². The van der Waals surface area contributed by atoms with Crippen LogP contribution < -0.4 is 0 Å². The molecule has 0 fully saturated rings. The first-order chi connectivity index (χ1) is 45.3. The maximum atomic E-state index is 14.4. The summed E-state index contributed by atoms with van der Waals surface area (Å²) in [4.78, 5) is 9.41. The predicted molar refractivity (Wildman–Crippen MR) is 312 cm³/mol. The number of fused-ring (bicyclic) bond motifs is 6. The highest BCUT2D eigenvalue weighted by molar-refractivity contribution is 6.14. The highest BCUT2D eigenvalue weighted by Crippen LogP contribution is 2.49. The van der Waals surface area contributed by atoms with Crippen LogP contribution in [0.5, 0.6) is 0 Å². The van der Waals surface area contributed by atoms with Crippen molar-refractivity contribution in [3.05, 3.63) is 225 Å². The molecule has 0 unspecified atom stereocenters. The second-order valence-electron chi connectivity index (χ2n) is 22.8. The fourth-order valence-electron chi connectivity index (χ4n) is 11.9. The molecule has 29 heteroatoms. The Morgan fingerprint density at radius 2 is 0.490 bits per heavy atom. The number of nitriles is 1. The van der Waals surface area contributed by atoms with Crippen LogP contribution in [0.2, 0.25) is 0 Å². The summed E-state index contributed by atoms with van der Waals surface area (Å²) in [5, 5.41) is 10.3. The first kappa shape index (κ1) is 67.5. The van der Waals surface area contributed by atoms with E-state index >= 15 is 0 Å². The van der Waals surface area contributed by atoms with Crippen LogP contribution in [0.3, 0.4) is 0 Å². The summed E-state index contributed by atoms with van der Waals surface area (Å²) >= 11 is 0. The summed E-state index contributed by atoms with van der Waals surface area (Å²) in [7, 11) is 0. The Morgan fingerprint density at radius 3 is 0.684 bits per heavy atom. The molecule has 0 saturated carbocycles. The van der Waals surface area contributed by atoms with Gasteiger partial charge in [0, 0.05) is 32.9 Å². The minimum Gasteiger partial charge on any atom is -0.308 e. The van der Waals surface area contributed by atoms with Gasteiger partial charge in [-0.05, 0) is 198 Å². The third kappa shape index (κ3) is 12.7. The van der Waals surface area contributed by atoms with Crippen LogP contribution in [0.15, 0.2) is 164 Å². The summed E-state index contributed by atoms with van der Waals surface area (Å²) in [6.45, 7) is 3.00. The first-order valence-electron chi connectivity index (χ1n) is 28.1. The maximum Gasteiger partial charge on any atom is 0.416 e. The van der Waals surface area contributed by atoms with E-state index in [1.54, 1.807) is 0 Å². The Morgan fingerprint density at radius 1 is 0.276 bits per heavy atom. The third-order valence-electron chi connectivity index (χ3n) is 16.1. The van der Waals surface area contributed by atoms with E-state index in [0.29, 0.717) is 48.5 Å². The summed E-state index contributed by atoms with van der Waals surface area (Å²) in [6.07, 6.45) is -43.0. The van der Waals surface area contributed by atoms with Gasteiger partial charge in [0.2, 0.25) is 0 Å². The van der Waals surface area contributed by atoms with Crippen molar-refractivity contribution in [3.63, 3.8) is 0 Å². The standard InChI is InChI=1S/C69H33F24N5/c1-31-11-32(2)96-61(95-31)60-58(97-54-7-3-34(38-14-42(62(70,71)72)26-43(15-38)63(73,74)75)22-50(54)51-23-35(4-8-55(51)97)39-16-44(64(76,77)78)27-45(17-39)65(79,80)81)12-33(30-94)13-59(60)98-56-9-5-36(40-18-46(66(82,83)84)28-47(19-40)67(85,86)87)24-52(56)53-25-37(6-10-57(53)98)41-20-48(68(88,89)90)29-49(21-41)69(91,92)93/h3-29H,1-2H3. The lowest BCUT2D eigenvalue weighted by Crippen LogP contribution is -2.11. The number of halogens is 24. The zero-order chi connectivity index (χ0) is 71.3.